The third-order valence-corrected chi connectivity index (χ3v) is 4.14. The smallest absolute Gasteiger partial charge is 0.344 e. The second-order valence-electron chi connectivity index (χ2n) is 4.48. The van der Waals surface area contributed by atoms with Crippen LogP contribution in [0, 0.1) is 0 Å². The number of carbonyl (C=O) groups excluding carboxylic acids is 1. The molecule has 0 amide bonds. The number of rotatable bonds is 4. The summed E-state index contributed by atoms with van der Waals surface area (Å²) in [5.74, 6) is -0.418. The van der Waals surface area contributed by atoms with Crippen molar-refractivity contribution in [2.45, 2.75) is 25.0 Å². The van der Waals surface area contributed by atoms with Gasteiger partial charge in [-0.3, -0.25) is 0 Å². The van der Waals surface area contributed by atoms with Gasteiger partial charge < -0.3 is 25.6 Å². The number of hydrogen-bond acceptors (Lipinski definition) is 8. The van der Waals surface area contributed by atoms with E-state index in [0.29, 0.717) is 18.0 Å². The first-order valence-corrected chi connectivity index (χ1v) is 6.66. The molecule has 4 N–H and O–H groups in total. The summed E-state index contributed by atoms with van der Waals surface area (Å²) < 4.78 is 13.9. The van der Waals surface area contributed by atoms with Crippen molar-refractivity contribution in [2.75, 3.05) is 31.3 Å². The molecule has 1 aliphatic heterocycles. The van der Waals surface area contributed by atoms with Gasteiger partial charge in [-0.05, 0) is 18.5 Å². The highest BCUT2D eigenvalue weighted by Crippen LogP contribution is 2.30. The maximum atomic E-state index is 11.6. The topological polar surface area (TPSA) is 107 Å². The largest absolute Gasteiger partial charge is 0.465 e. The van der Waals surface area contributed by atoms with Gasteiger partial charge in [-0.2, -0.15) is 4.37 Å². The number of esters is 1. The van der Waals surface area contributed by atoms with Crippen molar-refractivity contribution in [3.63, 3.8) is 0 Å². The van der Waals surface area contributed by atoms with Crippen LogP contribution in [-0.4, -0.2) is 47.4 Å². The maximum absolute atomic E-state index is 11.6. The van der Waals surface area contributed by atoms with Gasteiger partial charge in [-0.15, -0.1) is 0 Å². The zero-order valence-electron chi connectivity index (χ0n) is 10.8. The Morgan fingerprint density at radius 2 is 2.53 bits per heavy atom. The minimum Gasteiger partial charge on any atom is -0.465 e. The number of ether oxygens (including phenoxy) is 2. The molecule has 0 aromatic carbocycles. The van der Waals surface area contributed by atoms with Crippen LogP contribution in [0.4, 0.5) is 10.8 Å². The fourth-order valence-corrected chi connectivity index (χ4v) is 2.66. The van der Waals surface area contributed by atoms with E-state index in [1.54, 1.807) is 0 Å². The summed E-state index contributed by atoms with van der Waals surface area (Å²) in [5.41, 5.74) is 4.89. The molecule has 2 rings (SSSR count). The van der Waals surface area contributed by atoms with E-state index in [-0.39, 0.29) is 24.0 Å². The van der Waals surface area contributed by atoms with Crippen LogP contribution in [0.15, 0.2) is 0 Å². The lowest BCUT2D eigenvalue weighted by Crippen LogP contribution is -2.43. The van der Waals surface area contributed by atoms with Gasteiger partial charge >= 0.3 is 5.97 Å². The number of aromatic nitrogens is 1. The number of hydrogen-bond donors (Lipinski definition) is 3. The monoisotopic (exact) mass is 287 g/mol. The third kappa shape index (κ3) is 2.65. The van der Waals surface area contributed by atoms with Crippen LogP contribution < -0.4 is 11.1 Å². The standard InChI is InChI=1S/C11H17N3O4S/c1-6-11(16,3-4-18-6)5-13-9-7(10(15)17-2)8(12)14-19-9/h6,13,16H,3-5H2,1-2H3,(H2,12,14). The third-order valence-electron chi connectivity index (χ3n) is 3.32. The van der Waals surface area contributed by atoms with Gasteiger partial charge in [0.25, 0.3) is 0 Å². The van der Waals surface area contributed by atoms with E-state index in [4.69, 9.17) is 10.5 Å². The molecule has 2 unspecified atom stereocenters. The van der Waals surface area contributed by atoms with Crippen molar-refractivity contribution in [1.82, 2.24) is 4.37 Å². The lowest BCUT2D eigenvalue weighted by molar-refractivity contribution is -0.0175. The van der Waals surface area contributed by atoms with E-state index in [9.17, 15) is 9.90 Å². The number of nitrogen functional groups attached to an aromatic ring is 1. The molecule has 1 fully saturated rings. The van der Waals surface area contributed by atoms with Crippen LogP contribution in [0.3, 0.4) is 0 Å². The quantitative estimate of drug-likeness (QED) is 0.691. The van der Waals surface area contributed by atoms with Crippen molar-refractivity contribution in [1.29, 1.82) is 0 Å². The summed E-state index contributed by atoms with van der Waals surface area (Å²) >= 11 is 1.06. The molecule has 19 heavy (non-hydrogen) atoms. The van der Waals surface area contributed by atoms with Gasteiger partial charge in [0.05, 0.1) is 13.2 Å². The molecule has 0 radical (unpaired) electrons. The molecule has 1 aliphatic rings. The highest BCUT2D eigenvalue weighted by atomic mass is 32.1. The van der Waals surface area contributed by atoms with Gasteiger partial charge in [0.2, 0.25) is 0 Å². The van der Waals surface area contributed by atoms with Gasteiger partial charge in [-0.25, -0.2) is 4.79 Å². The number of anilines is 2. The first-order valence-electron chi connectivity index (χ1n) is 5.89. The highest BCUT2D eigenvalue weighted by Gasteiger charge is 2.39. The Balaban J connectivity index is 2.10. The molecule has 1 saturated heterocycles. The minimum atomic E-state index is -0.952. The highest BCUT2D eigenvalue weighted by molar-refractivity contribution is 7.11. The van der Waals surface area contributed by atoms with E-state index in [0.717, 1.165) is 11.5 Å². The summed E-state index contributed by atoms with van der Waals surface area (Å²) in [6, 6.07) is 0. The minimum absolute atomic E-state index is 0.127. The predicted octanol–water partition coefficient (Wildman–Crippen LogP) is 0.464. The Morgan fingerprint density at radius 1 is 1.79 bits per heavy atom. The zero-order chi connectivity index (χ0) is 14.0. The predicted molar refractivity (Wildman–Crippen MR) is 71.3 cm³/mol. The molecule has 2 heterocycles. The number of aliphatic hydroxyl groups is 1. The molecule has 1 aromatic heterocycles. The van der Waals surface area contributed by atoms with Gasteiger partial charge in [0.1, 0.15) is 16.2 Å². The SMILES string of the molecule is COC(=O)c1c(N)nsc1NCC1(O)CCOC1C. The average Bonchev–Trinajstić information content (AvgIpc) is 2.91. The van der Waals surface area contributed by atoms with Crippen molar-refractivity contribution in [3.8, 4) is 0 Å². The Hall–Kier alpha value is -1.38. The summed E-state index contributed by atoms with van der Waals surface area (Å²) in [5, 5.41) is 13.9. The van der Waals surface area contributed by atoms with Crippen LogP contribution in [0.1, 0.15) is 23.7 Å². The van der Waals surface area contributed by atoms with Crippen LogP contribution in [0.2, 0.25) is 0 Å². The molecular weight excluding hydrogens is 270 g/mol. The Labute approximate surface area is 114 Å². The van der Waals surface area contributed by atoms with Crippen LogP contribution in [0.5, 0.6) is 0 Å². The van der Waals surface area contributed by atoms with Crippen molar-refractivity contribution >= 4 is 28.3 Å². The van der Waals surface area contributed by atoms with Gasteiger partial charge in [-0.1, -0.05) is 0 Å². The molecule has 0 bridgehead atoms. The first kappa shape index (κ1) is 14.0. The van der Waals surface area contributed by atoms with Crippen molar-refractivity contribution < 1.29 is 19.4 Å². The lowest BCUT2D eigenvalue weighted by atomic mass is 9.97. The van der Waals surface area contributed by atoms with Crippen molar-refractivity contribution in [2.24, 2.45) is 0 Å². The summed E-state index contributed by atoms with van der Waals surface area (Å²) in [7, 11) is 1.28. The number of nitrogens with zero attached hydrogens (tertiary/aromatic N) is 1. The fraction of sp³-hybridized carbons (Fsp3) is 0.636. The summed E-state index contributed by atoms with van der Waals surface area (Å²) in [6.07, 6.45) is 0.287. The van der Waals surface area contributed by atoms with E-state index < -0.39 is 11.6 Å². The Morgan fingerprint density at radius 3 is 3.11 bits per heavy atom. The van der Waals surface area contributed by atoms with Gasteiger partial charge in [0.15, 0.2) is 5.82 Å². The second-order valence-corrected chi connectivity index (χ2v) is 5.26. The molecule has 106 valence electrons. The molecule has 7 nitrogen and oxygen atoms in total. The van der Waals surface area contributed by atoms with Crippen LogP contribution in [-0.2, 0) is 9.47 Å². The number of methoxy groups -OCH3 is 1. The fourth-order valence-electron chi connectivity index (χ4n) is 1.96. The van der Waals surface area contributed by atoms with Crippen molar-refractivity contribution in [3.05, 3.63) is 5.56 Å². The van der Waals surface area contributed by atoms with E-state index >= 15 is 0 Å². The maximum Gasteiger partial charge on any atom is 0.344 e. The number of nitrogens with two attached hydrogens (primary N) is 1. The van der Waals surface area contributed by atoms with Gasteiger partial charge in [0, 0.05) is 19.6 Å². The molecule has 8 heteroatoms. The molecule has 2 atom stereocenters. The molecular formula is C11H17N3O4S. The van der Waals surface area contributed by atoms with Crippen LogP contribution >= 0.6 is 11.5 Å². The molecule has 1 aromatic rings. The van der Waals surface area contributed by atoms with E-state index in [2.05, 4.69) is 14.4 Å². The van der Waals surface area contributed by atoms with E-state index in [1.807, 2.05) is 6.92 Å². The van der Waals surface area contributed by atoms with E-state index in [1.165, 1.54) is 7.11 Å². The normalized spacial score (nSPS) is 26.4. The first-order chi connectivity index (χ1) is 8.98. The Kier molecular flexibility index (Phi) is 3.93. The molecule has 0 saturated carbocycles. The van der Waals surface area contributed by atoms with Crippen LogP contribution in [0.25, 0.3) is 0 Å². The summed E-state index contributed by atoms with van der Waals surface area (Å²) in [4.78, 5) is 11.6. The molecule has 0 spiro atoms. The lowest BCUT2D eigenvalue weighted by Gasteiger charge is -2.26. The summed E-state index contributed by atoms with van der Waals surface area (Å²) in [6.45, 7) is 2.60. The average molecular weight is 287 g/mol. The zero-order valence-corrected chi connectivity index (χ0v) is 11.6. The second kappa shape index (κ2) is 5.32. The number of nitrogens with one attached hydrogen (secondary N) is 1. The molecule has 0 aliphatic carbocycles. The number of carbonyl (C=O) groups is 1. The Bertz CT molecular complexity index is 479.